The summed E-state index contributed by atoms with van der Waals surface area (Å²) in [5.74, 6) is -0.669. The molecule has 0 saturated carbocycles. The van der Waals surface area contributed by atoms with E-state index in [0.717, 1.165) is 5.56 Å². The first-order chi connectivity index (χ1) is 8.68. The summed E-state index contributed by atoms with van der Waals surface area (Å²) in [6.07, 6.45) is 3.22. The molecule has 6 heteroatoms. The van der Waals surface area contributed by atoms with Gasteiger partial charge in [-0.25, -0.2) is 0 Å². The molecule has 0 radical (unpaired) electrons. The first-order valence-electron chi connectivity index (χ1n) is 5.41. The number of anilines is 1. The Bertz CT molecular complexity index is 634. The number of hydrogen-bond donors (Lipinski definition) is 2. The van der Waals surface area contributed by atoms with Gasteiger partial charge in [0.2, 0.25) is 0 Å². The molecule has 1 aliphatic rings. The van der Waals surface area contributed by atoms with Crippen LogP contribution in [0.25, 0.3) is 0 Å². The quantitative estimate of drug-likeness (QED) is 0.601. The number of nitrogens with two attached hydrogens (primary N) is 1. The predicted octanol–water partition coefficient (Wildman–Crippen LogP) is 0.788. The number of benzene rings is 1. The van der Waals surface area contributed by atoms with Gasteiger partial charge in [-0.1, -0.05) is 6.07 Å². The number of nitrogens with zero attached hydrogens (tertiary/aromatic N) is 2. The number of rotatable bonds is 2. The first-order valence-corrected chi connectivity index (χ1v) is 5.41. The number of hydrogen-bond acceptors (Lipinski definition) is 4. The molecule has 6 nitrogen and oxygen atoms in total. The molecule has 2 amide bonds. The van der Waals surface area contributed by atoms with E-state index in [1.807, 2.05) is 0 Å². The summed E-state index contributed by atoms with van der Waals surface area (Å²) in [7, 11) is 0. The number of nitrogen functional groups attached to an aromatic ring is 1. The molecule has 1 aromatic heterocycles. The van der Waals surface area contributed by atoms with Crippen molar-refractivity contribution in [2.75, 3.05) is 5.73 Å². The van der Waals surface area contributed by atoms with Crippen molar-refractivity contribution in [1.29, 1.82) is 0 Å². The molecule has 90 valence electrons. The minimum absolute atomic E-state index is 0.197. The van der Waals surface area contributed by atoms with Crippen molar-refractivity contribution in [2.45, 2.75) is 6.54 Å². The van der Waals surface area contributed by atoms with Crippen LogP contribution in [0, 0.1) is 0 Å². The second kappa shape index (κ2) is 3.69. The molecule has 1 aromatic carbocycles. The Kier molecular flexibility index (Phi) is 2.16. The van der Waals surface area contributed by atoms with Crippen LogP contribution in [0.4, 0.5) is 5.69 Å². The van der Waals surface area contributed by atoms with Gasteiger partial charge in [-0.15, -0.1) is 0 Å². The third-order valence-corrected chi connectivity index (χ3v) is 2.93. The second-order valence-corrected chi connectivity index (χ2v) is 4.07. The van der Waals surface area contributed by atoms with Crippen molar-refractivity contribution in [3.63, 3.8) is 0 Å². The van der Waals surface area contributed by atoms with Crippen molar-refractivity contribution in [1.82, 2.24) is 15.1 Å². The number of carbonyl (C=O) groups excluding carboxylic acids is 2. The van der Waals surface area contributed by atoms with Gasteiger partial charge in [-0.3, -0.25) is 19.6 Å². The van der Waals surface area contributed by atoms with Crippen molar-refractivity contribution < 1.29 is 9.59 Å². The van der Waals surface area contributed by atoms with E-state index in [0.29, 0.717) is 16.8 Å². The van der Waals surface area contributed by atoms with Crippen LogP contribution in [0.1, 0.15) is 26.3 Å². The zero-order valence-corrected chi connectivity index (χ0v) is 9.38. The summed E-state index contributed by atoms with van der Waals surface area (Å²) in [4.78, 5) is 25.4. The van der Waals surface area contributed by atoms with Crippen LogP contribution >= 0.6 is 0 Å². The van der Waals surface area contributed by atoms with Crippen LogP contribution in [0.5, 0.6) is 0 Å². The van der Waals surface area contributed by atoms with E-state index in [1.54, 1.807) is 30.6 Å². The maximum absolute atomic E-state index is 12.1. The SMILES string of the molecule is Nc1cccc2c1C(=O)N(Cc1cn[nH]c1)C2=O. The lowest BCUT2D eigenvalue weighted by atomic mass is 10.1. The molecule has 0 atom stereocenters. The third kappa shape index (κ3) is 1.39. The Hall–Kier alpha value is -2.63. The normalized spacial score (nSPS) is 14.1. The Balaban J connectivity index is 2.00. The van der Waals surface area contributed by atoms with Gasteiger partial charge in [0.1, 0.15) is 0 Å². The molecular weight excluding hydrogens is 232 g/mol. The van der Waals surface area contributed by atoms with E-state index in [4.69, 9.17) is 5.73 Å². The molecule has 0 spiro atoms. The van der Waals surface area contributed by atoms with Crippen LogP contribution in [-0.2, 0) is 6.54 Å². The maximum atomic E-state index is 12.1. The molecule has 2 heterocycles. The van der Waals surface area contributed by atoms with Gasteiger partial charge < -0.3 is 5.73 Å². The number of amides is 2. The summed E-state index contributed by atoms with van der Waals surface area (Å²) >= 11 is 0. The fourth-order valence-corrected chi connectivity index (χ4v) is 2.05. The number of aromatic amines is 1. The lowest BCUT2D eigenvalue weighted by molar-refractivity contribution is 0.0643. The zero-order valence-electron chi connectivity index (χ0n) is 9.38. The summed E-state index contributed by atoms with van der Waals surface area (Å²) in [6.45, 7) is 0.197. The van der Waals surface area contributed by atoms with Crippen molar-refractivity contribution in [3.8, 4) is 0 Å². The number of nitrogens with one attached hydrogen (secondary N) is 1. The van der Waals surface area contributed by atoms with Gasteiger partial charge in [-0.05, 0) is 12.1 Å². The molecule has 0 bridgehead atoms. The van der Waals surface area contributed by atoms with E-state index in [9.17, 15) is 9.59 Å². The zero-order chi connectivity index (χ0) is 12.7. The molecule has 1 aliphatic heterocycles. The highest BCUT2D eigenvalue weighted by atomic mass is 16.2. The Labute approximate surface area is 102 Å². The molecule has 0 aliphatic carbocycles. The monoisotopic (exact) mass is 242 g/mol. The van der Waals surface area contributed by atoms with Gasteiger partial charge in [0.25, 0.3) is 11.8 Å². The van der Waals surface area contributed by atoms with Gasteiger partial charge >= 0.3 is 0 Å². The highest BCUT2D eigenvalue weighted by Crippen LogP contribution is 2.28. The Morgan fingerprint density at radius 1 is 1.28 bits per heavy atom. The minimum Gasteiger partial charge on any atom is -0.398 e. The summed E-state index contributed by atoms with van der Waals surface area (Å²) in [6, 6.07) is 4.90. The largest absolute Gasteiger partial charge is 0.398 e. The van der Waals surface area contributed by atoms with Gasteiger partial charge in [0, 0.05) is 17.4 Å². The van der Waals surface area contributed by atoms with Crippen molar-refractivity contribution in [2.24, 2.45) is 0 Å². The summed E-state index contributed by atoms with van der Waals surface area (Å²) in [5, 5.41) is 6.42. The van der Waals surface area contributed by atoms with Crippen LogP contribution in [0.15, 0.2) is 30.6 Å². The standard InChI is InChI=1S/C12H10N4O2/c13-9-3-1-2-8-10(9)12(18)16(11(8)17)6-7-4-14-15-5-7/h1-5H,6,13H2,(H,14,15). The lowest BCUT2D eigenvalue weighted by Crippen LogP contribution is -2.29. The Morgan fingerprint density at radius 3 is 2.78 bits per heavy atom. The van der Waals surface area contributed by atoms with E-state index in [2.05, 4.69) is 10.2 Å². The topological polar surface area (TPSA) is 92.1 Å². The number of aromatic nitrogens is 2. The fourth-order valence-electron chi connectivity index (χ4n) is 2.05. The second-order valence-electron chi connectivity index (χ2n) is 4.07. The smallest absolute Gasteiger partial charge is 0.263 e. The maximum Gasteiger partial charge on any atom is 0.263 e. The number of carbonyl (C=O) groups is 2. The summed E-state index contributed by atoms with van der Waals surface area (Å²) < 4.78 is 0. The van der Waals surface area contributed by atoms with Crippen molar-refractivity contribution in [3.05, 3.63) is 47.3 Å². The molecular formula is C12H10N4O2. The third-order valence-electron chi connectivity index (χ3n) is 2.93. The fraction of sp³-hybridized carbons (Fsp3) is 0.0833. The average Bonchev–Trinajstić information content (AvgIpc) is 2.94. The number of imide groups is 1. The van der Waals surface area contributed by atoms with Gasteiger partial charge in [0.15, 0.2) is 0 Å². The molecule has 0 fully saturated rings. The van der Waals surface area contributed by atoms with Crippen LogP contribution < -0.4 is 5.73 Å². The molecule has 2 aromatic rings. The van der Waals surface area contributed by atoms with E-state index < -0.39 is 0 Å². The van der Waals surface area contributed by atoms with Gasteiger partial charge in [0.05, 0.1) is 23.9 Å². The highest BCUT2D eigenvalue weighted by molar-refractivity contribution is 6.23. The van der Waals surface area contributed by atoms with Gasteiger partial charge in [-0.2, -0.15) is 5.10 Å². The lowest BCUT2D eigenvalue weighted by Gasteiger charge is -2.11. The van der Waals surface area contributed by atoms with E-state index in [1.165, 1.54) is 4.90 Å². The molecule has 0 unspecified atom stereocenters. The van der Waals surface area contributed by atoms with E-state index in [-0.39, 0.29) is 18.4 Å². The van der Waals surface area contributed by atoms with Crippen LogP contribution in [0.3, 0.4) is 0 Å². The highest BCUT2D eigenvalue weighted by Gasteiger charge is 2.36. The minimum atomic E-state index is -0.352. The van der Waals surface area contributed by atoms with Crippen molar-refractivity contribution >= 4 is 17.5 Å². The van der Waals surface area contributed by atoms with Crippen LogP contribution in [-0.4, -0.2) is 26.9 Å². The van der Waals surface area contributed by atoms with E-state index >= 15 is 0 Å². The molecule has 0 saturated heterocycles. The number of fused-ring (bicyclic) bond motifs is 1. The molecule has 3 N–H and O–H groups in total. The Morgan fingerprint density at radius 2 is 2.11 bits per heavy atom. The predicted molar refractivity (Wildman–Crippen MR) is 63.6 cm³/mol. The average molecular weight is 242 g/mol. The van der Waals surface area contributed by atoms with Crippen LogP contribution in [0.2, 0.25) is 0 Å². The molecule has 3 rings (SSSR count). The first kappa shape index (κ1) is 10.5. The molecule has 18 heavy (non-hydrogen) atoms. The summed E-state index contributed by atoms with van der Waals surface area (Å²) in [5.41, 5.74) is 7.50. The number of H-pyrrole nitrogens is 1.